The van der Waals surface area contributed by atoms with Crippen LogP contribution < -0.4 is 16.0 Å². The first-order chi connectivity index (χ1) is 22.7. The van der Waals surface area contributed by atoms with Crippen LogP contribution in [-0.4, -0.2) is 17.7 Å². The van der Waals surface area contributed by atoms with Crippen LogP contribution in [0.3, 0.4) is 0 Å². The van der Waals surface area contributed by atoms with Gasteiger partial charge in [-0.25, -0.2) is 4.39 Å². The number of aryl methyl sites for hydroxylation is 2. The van der Waals surface area contributed by atoms with E-state index in [0.717, 1.165) is 27.3 Å². The van der Waals surface area contributed by atoms with Crippen molar-refractivity contribution in [3.8, 4) is 0 Å². The lowest BCUT2D eigenvalue weighted by Gasteiger charge is -2.18. The highest BCUT2D eigenvalue weighted by molar-refractivity contribution is 8.00. The van der Waals surface area contributed by atoms with Crippen LogP contribution in [0, 0.1) is 19.7 Å². The van der Waals surface area contributed by atoms with Gasteiger partial charge in [0.2, 0.25) is 5.91 Å². The first-order valence-electron chi connectivity index (χ1n) is 14.7. The Bertz CT molecular complexity index is 1890. The number of amides is 3. The maximum atomic E-state index is 14.6. The van der Waals surface area contributed by atoms with E-state index in [9.17, 15) is 18.8 Å². The summed E-state index contributed by atoms with van der Waals surface area (Å²) in [5.74, 6) is -2.03. The van der Waals surface area contributed by atoms with Crippen LogP contribution in [-0.2, 0) is 9.59 Å². The van der Waals surface area contributed by atoms with Crippen molar-refractivity contribution in [2.75, 3.05) is 10.6 Å². The van der Waals surface area contributed by atoms with Gasteiger partial charge in [-0.2, -0.15) is 0 Å². The normalized spacial score (nSPS) is 11.8. The van der Waals surface area contributed by atoms with Crippen LogP contribution in [0.4, 0.5) is 15.8 Å². The zero-order chi connectivity index (χ0) is 33.3. The van der Waals surface area contributed by atoms with Gasteiger partial charge >= 0.3 is 0 Å². The summed E-state index contributed by atoms with van der Waals surface area (Å²) >= 11 is 7.59. The van der Waals surface area contributed by atoms with E-state index in [4.69, 9.17) is 11.6 Å². The lowest BCUT2D eigenvalue weighted by molar-refractivity contribution is -0.116. The summed E-state index contributed by atoms with van der Waals surface area (Å²) in [6.07, 6.45) is 1.21. The molecule has 5 aromatic rings. The largest absolute Gasteiger partial charge is 0.325 e. The third-order valence-electron chi connectivity index (χ3n) is 7.01. The van der Waals surface area contributed by atoms with E-state index < -0.39 is 22.9 Å². The van der Waals surface area contributed by atoms with Crippen molar-refractivity contribution in [1.29, 1.82) is 0 Å². The summed E-state index contributed by atoms with van der Waals surface area (Å²) in [6.45, 7) is 3.97. The molecule has 0 heterocycles. The zero-order valence-electron chi connectivity index (χ0n) is 25.6. The molecule has 0 aliphatic heterocycles. The summed E-state index contributed by atoms with van der Waals surface area (Å²) < 4.78 is 14.6. The van der Waals surface area contributed by atoms with E-state index in [1.54, 1.807) is 54.6 Å². The number of hydrogen-bond donors (Lipinski definition) is 3. The molecule has 0 aliphatic rings. The molecule has 3 N–H and O–H groups in total. The summed E-state index contributed by atoms with van der Waals surface area (Å²) in [7, 11) is 0. The number of carbonyl (C=O) groups is 3. The molecule has 0 aliphatic carbocycles. The Morgan fingerprint density at radius 2 is 1.38 bits per heavy atom. The number of hydrogen-bond acceptors (Lipinski definition) is 4. The minimum atomic E-state index is -0.677. The van der Waals surface area contributed by atoms with Crippen molar-refractivity contribution in [3.05, 3.63) is 166 Å². The van der Waals surface area contributed by atoms with Crippen LogP contribution in [0.5, 0.6) is 0 Å². The molecule has 0 fully saturated rings. The van der Waals surface area contributed by atoms with Gasteiger partial charge in [-0.3, -0.25) is 14.4 Å². The highest BCUT2D eigenvalue weighted by atomic mass is 35.5. The molecule has 0 radical (unpaired) electrons. The van der Waals surface area contributed by atoms with E-state index in [-0.39, 0.29) is 22.2 Å². The molecule has 0 saturated heterocycles. The molecule has 3 amide bonds. The number of rotatable bonds is 10. The zero-order valence-corrected chi connectivity index (χ0v) is 27.2. The smallest absolute Gasteiger partial charge is 0.272 e. The fraction of sp³-hybridized carbons (Fsp3) is 0.0789. The van der Waals surface area contributed by atoms with Gasteiger partial charge in [-0.15, -0.1) is 11.8 Å². The molecule has 47 heavy (non-hydrogen) atoms. The maximum Gasteiger partial charge on any atom is 0.272 e. The average Bonchev–Trinajstić information content (AvgIpc) is 3.05. The quantitative estimate of drug-likeness (QED) is 0.103. The third kappa shape index (κ3) is 8.97. The van der Waals surface area contributed by atoms with E-state index in [2.05, 4.69) is 16.0 Å². The van der Waals surface area contributed by atoms with Gasteiger partial charge in [-0.1, -0.05) is 72.3 Å². The van der Waals surface area contributed by atoms with Gasteiger partial charge < -0.3 is 16.0 Å². The lowest BCUT2D eigenvalue weighted by Crippen LogP contribution is -2.30. The van der Waals surface area contributed by atoms with Gasteiger partial charge in [0, 0.05) is 27.4 Å². The molecule has 1 atom stereocenters. The molecule has 236 valence electrons. The molecule has 0 spiro atoms. The predicted molar refractivity (Wildman–Crippen MR) is 188 cm³/mol. The molecular weight excluding hydrogens is 633 g/mol. The molecule has 5 aromatic carbocycles. The molecule has 5 rings (SSSR count). The molecule has 0 saturated carbocycles. The molecule has 1 unspecified atom stereocenters. The molecule has 0 bridgehead atoms. The SMILES string of the molecule is Cc1cc(C)cc(NC(=O)C(Sc2ccc(NC(=O)/C(=C/c3c(F)cccc3Cl)NC(=O)c3ccccc3)cc2)c2ccccc2)c1. The van der Waals surface area contributed by atoms with Crippen molar-refractivity contribution < 1.29 is 18.8 Å². The van der Waals surface area contributed by atoms with E-state index in [1.165, 1.54) is 36.0 Å². The Morgan fingerprint density at radius 1 is 0.745 bits per heavy atom. The van der Waals surface area contributed by atoms with Crippen molar-refractivity contribution in [3.63, 3.8) is 0 Å². The van der Waals surface area contributed by atoms with E-state index in [1.807, 2.05) is 62.4 Å². The van der Waals surface area contributed by atoms with E-state index in [0.29, 0.717) is 11.3 Å². The second kappa shape index (κ2) is 15.4. The highest BCUT2D eigenvalue weighted by Crippen LogP contribution is 2.37. The monoisotopic (exact) mass is 663 g/mol. The van der Waals surface area contributed by atoms with Gasteiger partial charge in [0.1, 0.15) is 16.8 Å². The summed E-state index contributed by atoms with van der Waals surface area (Å²) in [6, 6.07) is 34.9. The number of benzene rings is 5. The fourth-order valence-electron chi connectivity index (χ4n) is 4.84. The van der Waals surface area contributed by atoms with Gasteiger partial charge in [0.05, 0.1) is 5.02 Å². The minimum Gasteiger partial charge on any atom is -0.325 e. The Kier molecular flexibility index (Phi) is 10.9. The standard InChI is InChI=1S/C38H31ClFN3O3S/c1-24-20-25(2)22-29(21-24)42-38(46)35(26-10-5-3-6-11-26)47-30-18-16-28(17-19-30)41-37(45)34(23-31-32(39)14-9-15-33(31)40)43-36(44)27-12-7-4-8-13-27/h3-23,35H,1-2H3,(H,41,45)(H,42,46)(H,43,44)/b34-23-. The Labute approximate surface area is 282 Å². The van der Waals surface area contributed by atoms with Gasteiger partial charge in [0.25, 0.3) is 11.8 Å². The fourth-order valence-corrected chi connectivity index (χ4v) is 6.08. The summed E-state index contributed by atoms with van der Waals surface area (Å²) in [5.41, 5.74) is 4.19. The topological polar surface area (TPSA) is 87.3 Å². The van der Waals surface area contributed by atoms with Gasteiger partial charge in [-0.05, 0) is 97.3 Å². The number of nitrogens with one attached hydrogen (secondary N) is 3. The molecule has 0 aromatic heterocycles. The molecular formula is C38H31ClFN3O3S. The summed E-state index contributed by atoms with van der Waals surface area (Å²) in [4.78, 5) is 40.7. The lowest BCUT2D eigenvalue weighted by atomic mass is 10.1. The number of thioether (sulfide) groups is 1. The number of anilines is 2. The van der Waals surface area contributed by atoms with Crippen LogP contribution in [0.2, 0.25) is 5.02 Å². The Balaban J connectivity index is 1.35. The first-order valence-corrected chi connectivity index (χ1v) is 16.0. The number of carbonyl (C=O) groups excluding carboxylic acids is 3. The Hall–Kier alpha value is -5.18. The van der Waals surface area contributed by atoms with Crippen molar-refractivity contribution in [2.45, 2.75) is 24.0 Å². The first kappa shape index (κ1) is 33.2. The molecule has 9 heteroatoms. The van der Waals surface area contributed by atoms with Crippen LogP contribution in [0.25, 0.3) is 6.08 Å². The Morgan fingerprint density at radius 3 is 2.02 bits per heavy atom. The van der Waals surface area contributed by atoms with Crippen molar-refractivity contribution in [1.82, 2.24) is 5.32 Å². The average molecular weight is 664 g/mol. The van der Waals surface area contributed by atoms with Crippen LogP contribution >= 0.6 is 23.4 Å². The maximum absolute atomic E-state index is 14.6. The number of halogens is 2. The minimum absolute atomic E-state index is 0.0366. The predicted octanol–water partition coefficient (Wildman–Crippen LogP) is 8.98. The third-order valence-corrected chi connectivity index (χ3v) is 8.61. The van der Waals surface area contributed by atoms with E-state index >= 15 is 0 Å². The van der Waals surface area contributed by atoms with Crippen LogP contribution in [0.15, 0.2) is 132 Å². The van der Waals surface area contributed by atoms with Crippen molar-refractivity contribution in [2.24, 2.45) is 0 Å². The van der Waals surface area contributed by atoms with Gasteiger partial charge in [0.15, 0.2) is 0 Å². The van der Waals surface area contributed by atoms with Crippen molar-refractivity contribution >= 4 is 58.5 Å². The highest BCUT2D eigenvalue weighted by Gasteiger charge is 2.23. The summed E-state index contributed by atoms with van der Waals surface area (Å²) in [5, 5.41) is 7.93. The second-order valence-corrected chi connectivity index (χ2v) is 12.4. The van der Waals surface area contributed by atoms with Crippen LogP contribution in [0.1, 0.15) is 37.9 Å². The second-order valence-electron chi connectivity index (χ2n) is 10.8. The molecule has 6 nitrogen and oxygen atoms in total.